The van der Waals surface area contributed by atoms with E-state index in [2.05, 4.69) is 10.2 Å². The van der Waals surface area contributed by atoms with Crippen LogP contribution in [0.4, 0.5) is 5.13 Å². The number of nitrogen functional groups attached to an aromatic ring is 1. The van der Waals surface area contributed by atoms with Gasteiger partial charge >= 0.3 is 0 Å². The van der Waals surface area contributed by atoms with Gasteiger partial charge in [0.2, 0.25) is 5.13 Å². The van der Waals surface area contributed by atoms with E-state index in [4.69, 9.17) is 5.73 Å². The molecule has 0 radical (unpaired) electrons. The molecule has 56 valence electrons. The third kappa shape index (κ3) is 2.01. The molecule has 1 atom stereocenters. The van der Waals surface area contributed by atoms with Gasteiger partial charge in [0.25, 0.3) is 0 Å². The Hall–Kier alpha value is -0.530. The molecule has 2 N–H and O–H groups in total. The van der Waals surface area contributed by atoms with Gasteiger partial charge < -0.3 is 10.3 Å². The predicted molar refractivity (Wildman–Crippen MR) is 36.9 cm³/mol. The van der Waals surface area contributed by atoms with Crippen LogP contribution in [0.25, 0.3) is 0 Å². The minimum atomic E-state index is -2.10. The van der Waals surface area contributed by atoms with E-state index in [0.29, 0.717) is 10.1 Å². The molecular weight excluding hydrogens is 174 g/mol. The second-order valence-corrected chi connectivity index (χ2v) is 3.47. The van der Waals surface area contributed by atoms with Crippen molar-refractivity contribution in [1.29, 1.82) is 0 Å². The van der Waals surface area contributed by atoms with Crippen LogP contribution in [0.3, 0.4) is 0 Å². The summed E-state index contributed by atoms with van der Waals surface area (Å²) >= 11 is -1.02. The van der Waals surface area contributed by atoms with Crippen molar-refractivity contribution < 1.29 is 8.76 Å². The zero-order chi connectivity index (χ0) is 7.56. The highest BCUT2D eigenvalue weighted by atomic mass is 32.2. The van der Waals surface area contributed by atoms with Crippen LogP contribution in [-0.4, -0.2) is 19.0 Å². The molecule has 1 aromatic rings. The quantitative estimate of drug-likeness (QED) is 0.616. The Labute approximate surface area is 63.6 Å². The molecule has 0 aromatic carbocycles. The van der Waals surface area contributed by atoms with E-state index in [9.17, 15) is 8.76 Å². The molecular formula is C3H4N3O2S2-. The maximum Gasteiger partial charge on any atom is 0.203 e. The summed E-state index contributed by atoms with van der Waals surface area (Å²) < 4.78 is 20.2. The summed E-state index contributed by atoms with van der Waals surface area (Å²) in [7, 11) is 0. The summed E-state index contributed by atoms with van der Waals surface area (Å²) in [5.74, 6) is -0.102. The van der Waals surface area contributed by atoms with Crippen molar-refractivity contribution in [2.24, 2.45) is 0 Å². The van der Waals surface area contributed by atoms with Crippen LogP contribution in [0.1, 0.15) is 5.01 Å². The molecule has 0 spiro atoms. The Bertz CT molecular complexity index is 248. The molecule has 1 rings (SSSR count). The first-order valence-electron chi connectivity index (χ1n) is 2.32. The number of rotatable bonds is 2. The van der Waals surface area contributed by atoms with Gasteiger partial charge in [-0.2, -0.15) is 0 Å². The van der Waals surface area contributed by atoms with Crippen molar-refractivity contribution in [1.82, 2.24) is 10.2 Å². The maximum atomic E-state index is 10.1. The van der Waals surface area contributed by atoms with E-state index in [1.165, 1.54) is 0 Å². The summed E-state index contributed by atoms with van der Waals surface area (Å²) in [6, 6.07) is 0. The van der Waals surface area contributed by atoms with Crippen LogP contribution in [0.2, 0.25) is 0 Å². The van der Waals surface area contributed by atoms with E-state index >= 15 is 0 Å². The molecule has 0 amide bonds. The first-order chi connectivity index (χ1) is 4.68. The Kier molecular flexibility index (Phi) is 2.30. The number of anilines is 1. The van der Waals surface area contributed by atoms with Gasteiger partial charge in [-0.1, -0.05) is 11.3 Å². The van der Waals surface area contributed by atoms with Crippen molar-refractivity contribution in [2.45, 2.75) is 5.75 Å². The molecule has 0 aliphatic rings. The summed E-state index contributed by atoms with van der Waals surface area (Å²) in [6.07, 6.45) is 0. The second kappa shape index (κ2) is 3.04. The number of hydrogen-bond donors (Lipinski definition) is 1. The molecule has 7 heteroatoms. The molecule has 0 saturated heterocycles. The fraction of sp³-hybridized carbons (Fsp3) is 0.333. The molecule has 5 nitrogen and oxygen atoms in total. The minimum absolute atomic E-state index is 0.102. The van der Waals surface area contributed by atoms with Crippen LogP contribution < -0.4 is 5.73 Å². The van der Waals surface area contributed by atoms with Crippen LogP contribution >= 0.6 is 11.3 Å². The normalized spacial score (nSPS) is 13.3. The number of aromatic nitrogens is 2. The van der Waals surface area contributed by atoms with E-state index in [-0.39, 0.29) is 5.75 Å². The van der Waals surface area contributed by atoms with Gasteiger partial charge in [-0.3, -0.25) is 4.21 Å². The fourth-order valence-corrected chi connectivity index (χ4v) is 1.61. The zero-order valence-corrected chi connectivity index (χ0v) is 6.44. The minimum Gasteiger partial charge on any atom is -0.772 e. The molecule has 10 heavy (non-hydrogen) atoms. The van der Waals surface area contributed by atoms with Gasteiger partial charge in [-0.05, 0) is 11.1 Å². The van der Waals surface area contributed by atoms with Crippen molar-refractivity contribution in [3.63, 3.8) is 0 Å². The maximum absolute atomic E-state index is 10.1. The number of nitrogens with zero attached hydrogens (tertiary/aromatic N) is 2. The van der Waals surface area contributed by atoms with E-state index in [0.717, 1.165) is 11.3 Å². The third-order valence-corrected chi connectivity index (χ3v) is 2.17. The van der Waals surface area contributed by atoms with E-state index in [1.54, 1.807) is 0 Å². The Morgan fingerprint density at radius 1 is 1.70 bits per heavy atom. The average Bonchev–Trinajstić information content (AvgIpc) is 2.13. The van der Waals surface area contributed by atoms with Crippen molar-refractivity contribution in [3.05, 3.63) is 5.01 Å². The lowest BCUT2D eigenvalue weighted by Gasteiger charge is -1.97. The van der Waals surface area contributed by atoms with E-state index < -0.39 is 11.1 Å². The Morgan fingerprint density at radius 2 is 2.40 bits per heavy atom. The smallest absolute Gasteiger partial charge is 0.203 e. The van der Waals surface area contributed by atoms with Gasteiger partial charge in [-0.15, -0.1) is 10.2 Å². The molecule has 0 aliphatic carbocycles. The molecule has 1 heterocycles. The summed E-state index contributed by atoms with van der Waals surface area (Å²) in [5, 5.41) is 7.66. The molecule has 0 fully saturated rings. The predicted octanol–water partition coefficient (Wildman–Crippen LogP) is -0.501. The lowest BCUT2D eigenvalue weighted by Crippen LogP contribution is -1.91. The topological polar surface area (TPSA) is 91.9 Å². The molecule has 0 saturated carbocycles. The van der Waals surface area contributed by atoms with Crippen molar-refractivity contribution >= 4 is 27.5 Å². The number of hydrogen-bond acceptors (Lipinski definition) is 6. The molecule has 0 aliphatic heterocycles. The molecule has 0 bridgehead atoms. The monoisotopic (exact) mass is 178 g/mol. The van der Waals surface area contributed by atoms with Gasteiger partial charge in [0, 0.05) is 0 Å². The van der Waals surface area contributed by atoms with Gasteiger partial charge in [0.1, 0.15) is 5.01 Å². The van der Waals surface area contributed by atoms with E-state index in [1.807, 2.05) is 0 Å². The highest BCUT2D eigenvalue weighted by Gasteiger charge is 1.98. The van der Waals surface area contributed by atoms with Gasteiger partial charge in [-0.25, -0.2) is 0 Å². The van der Waals surface area contributed by atoms with Crippen molar-refractivity contribution in [2.75, 3.05) is 5.73 Å². The lowest BCUT2D eigenvalue weighted by molar-refractivity contribution is 0.536. The second-order valence-electron chi connectivity index (χ2n) is 1.48. The fourth-order valence-electron chi connectivity index (χ4n) is 0.426. The number of nitrogens with two attached hydrogens (primary N) is 1. The van der Waals surface area contributed by atoms with Gasteiger partial charge in [0.15, 0.2) is 0 Å². The summed E-state index contributed by atoms with van der Waals surface area (Å²) in [4.78, 5) is 0. The molecule has 1 aromatic heterocycles. The van der Waals surface area contributed by atoms with Crippen LogP contribution in [0.15, 0.2) is 0 Å². The van der Waals surface area contributed by atoms with Crippen LogP contribution in [0.5, 0.6) is 0 Å². The highest BCUT2D eigenvalue weighted by molar-refractivity contribution is 7.78. The average molecular weight is 178 g/mol. The van der Waals surface area contributed by atoms with Crippen LogP contribution in [0, 0.1) is 0 Å². The molecule has 1 unspecified atom stereocenters. The van der Waals surface area contributed by atoms with Gasteiger partial charge in [0.05, 0.1) is 5.75 Å². The standard InChI is InChI=1S/C3H5N3O2S2/c4-3-6-5-2(9-3)1-10(7)8/h1H2,(H2,4,6)(H,7,8)/p-1. The third-order valence-electron chi connectivity index (χ3n) is 0.724. The Balaban J connectivity index is 2.67. The SMILES string of the molecule is Nc1nnc(CS(=O)[O-])s1. The summed E-state index contributed by atoms with van der Waals surface area (Å²) in [5.41, 5.74) is 5.20. The summed E-state index contributed by atoms with van der Waals surface area (Å²) in [6.45, 7) is 0. The largest absolute Gasteiger partial charge is 0.772 e. The Morgan fingerprint density at radius 3 is 2.80 bits per heavy atom. The zero-order valence-electron chi connectivity index (χ0n) is 4.81. The highest BCUT2D eigenvalue weighted by Crippen LogP contribution is 2.11. The lowest BCUT2D eigenvalue weighted by atomic mass is 10.9. The first kappa shape index (κ1) is 7.58. The van der Waals surface area contributed by atoms with Crippen LogP contribution in [-0.2, 0) is 16.8 Å². The first-order valence-corrected chi connectivity index (χ1v) is 4.38. The van der Waals surface area contributed by atoms with Crippen molar-refractivity contribution in [3.8, 4) is 0 Å².